The van der Waals surface area contributed by atoms with Gasteiger partial charge in [-0.05, 0) is 26.7 Å². The van der Waals surface area contributed by atoms with E-state index >= 15 is 0 Å². The average Bonchev–Trinajstić information content (AvgIpc) is 3.11. The zero-order valence-electron chi connectivity index (χ0n) is 11.5. The maximum absolute atomic E-state index is 12.7. The Labute approximate surface area is 118 Å². The highest BCUT2D eigenvalue weighted by molar-refractivity contribution is 7.89. The Morgan fingerprint density at radius 2 is 2.10 bits per heavy atom. The molecule has 1 aliphatic rings. The van der Waals surface area contributed by atoms with Crippen LogP contribution < -0.4 is 0 Å². The number of sulfonamides is 1. The van der Waals surface area contributed by atoms with E-state index in [4.69, 9.17) is 5.11 Å². The van der Waals surface area contributed by atoms with Crippen LogP contribution in [0.15, 0.2) is 17.6 Å². The number of H-pyrrole nitrogens is 1. The number of aromatic carboxylic acids is 1. The van der Waals surface area contributed by atoms with Crippen molar-refractivity contribution in [1.29, 1.82) is 0 Å². The van der Waals surface area contributed by atoms with Crippen LogP contribution >= 0.6 is 0 Å². The third-order valence-corrected chi connectivity index (χ3v) is 5.61. The van der Waals surface area contributed by atoms with Gasteiger partial charge in [0.05, 0.1) is 0 Å². The van der Waals surface area contributed by atoms with Crippen LogP contribution in [-0.2, 0) is 10.0 Å². The molecule has 1 aromatic rings. The van der Waals surface area contributed by atoms with Crippen LogP contribution in [0.4, 0.5) is 0 Å². The number of aromatic nitrogens is 1. The largest absolute Gasteiger partial charge is 0.477 e. The monoisotopic (exact) mass is 298 g/mol. The van der Waals surface area contributed by atoms with E-state index in [-0.39, 0.29) is 28.7 Å². The van der Waals surface area contributed by atoms with Crippen molar-refractivity contribution in [3.05, 3.63) is 29.6 Å². The third-order valence-electron chi connectivity index (χ3n) is 3.41. The van der Waals surface area contributed by atoms with Crippen LogP contribution in [0.25, 0.3) is 0 Å². The molecular weight excluding hydrogens is 280 g/mol. The van der Waals surface area contributed by atoms with Crippen molar-refractivity contribution in [2.24, 2.45) is 0 Å². The van der Waals surface area contributed by atoms with Crippen molar-refractivity contribution in [2.75, 3.05) is 6.54 Å². The highest BCUT2D eigenvalue weighted by atomic mass is 32.2. The number of carboxylic acid groups (broad SMARTS) is 1. The second-order valence-corrected chi connectivity index (χ2v) is 6.81. The second-order valence-electron chi connectivity index (χ2n) is 4.98. The molecule has 1 heterocycles. The Balaban J connectivity index is 2.53. The van der Waals surface area contributed by atoms with Gasteiger partial charge in [0, 0.05) is 23.8 Å². The standard InChI is InChI=1S/C13H18N2O4S/c1-4-7-15(10-5-6-10)20(18,19)12-8(2)11(13(16)17)14-9(12)3/h4,10,14H,1,5-7H2,2-3H3,(H,16,17). The van der Waals surface area contributed by atoms with Crippen LogP contribution in [0, 0.1) is 13.8 Å². The number of rotatable bonds is 6. The van der Waals surface area contributed by atoms with Crippen LogP contribution in [0.2, 0.25) is 0 Å². The molecular formula is C13H18N2O4S. The van der Waals surface area contributed by atoms with Crippen molar-refractivity contribution in [1.82, 2.24) is 9.29 Å². The number of carbonyl (C=O) groups is 1. The van der Waals surface area contributed by atoms with Gasteiger partial charge in [-0.3, -0.25) is 0 Å². The molecule has 1 saturated carbocycles. The van der Waals surface area contributed by atoms with Crippen molar-refractivity contribution in [3.63, 3.8) is 0 Å². The van der Waals surface area contributed by atoms with Gasteiger partial charge in [-0.15, -0.1) is 6.58 Å². The van der Waals surface area contributed by atoms with E-state index in [2.05, 4.69) is 11.6 Å². The SMILES string of the molecule is C=CCN(C1CC1)S(=O)(=O)c1c(C)[nH]c(C(=O)O)c1C. The van der Waals surface area contributed by atoms with Gasteiger partial charge in [-0.2, -0.15) is 4.31 Å². The molecule has 0 saturated heterocycles. The van der Waals surface area contributed by atoms with Crippen LogP contribution in [0.3, 0.4) is 0 Å². The van der Waals surface area contributed by atoms with Crippen molar-refractivity contribution >= 4 is 16.0 Å². The number of carboxylic acids is 1. The normalized spacial score (nSPS) is 15.6. The van der Waals surface area contributed by atoms with Crippen molar-refractivity contribution in [3.8, 4) is 0 Å². The minimum Gasteiger partial charge on any atom is -0.477 e. The number of hydrogen-bond acceptors (Lipinski definition) is 3. The second kappa shape index (κ2) is 5.06. The maximum Gasteiger partial charge on any atom is 0.352 e. The summed E-state index contributed by atoms with van der Waals surface area (Å²) in [6, 6.07) is -0.0000203. The molecule has 0 radical (unpaired) electrons. The molecule has 1 fully saturated rings. The fourth-order valence-electron chi connectivity index (χ4n) is 2.38. The van der Waals surface area contributed by atoms with Crippen LogP contribution in [-0.4, -0.2) is 41.4 Å². The first kappa shape index (κ1) is 14.8. The summed E-state index contributed by atoms with van der Waals surface area (Å²) in [5, 5.41) is 9.08. The lowest BCUT2D eigenvalue weighted by Gasteiger charge is -2.20. The Bertz CT molecular complexity index is 656. The van der Waals surface area contributed by atoms with E-state index in [1.807, 2.05) is 0 Å². The fourth-order valence-corrected chi connectivity index (χ4v) is 4.45. The molecule has 0 aromatic carbocycles. The molecule has 1 aromatic heterocycles. The first-order valence-corrected chi connectivity index (χ1v) is 7.80. The molecule has 7 heteroatoms. The summed E-state index contributed by atoms with van der Waals surface area (Å²) < 4.78 is 26.9. The average molecular weight is 298 g/mol. The summed E-state index contributed by atoms with van der Waals surface area (Å²) in [6.45, 7) is 6.91. The van der Waals surface area contributed by atoms with Gasteiger partial charge in [0.2, 0.25) is 10.0 Å². The van der Waals surface area contributed by atoms with Gasteiger partial charge in [0.1, 0.15) is 10.6 Å². The van der Waals surface area contributed by atoms with Gasteiger partial charge in [-0.25, -0.2) is 13.2 Å². The minimum atomic E-state index is -3.71. The zero-order valence-corrected chi connectivity index (χ0v) is 12.3. The fraction of sp³-hybridized carbons (Fsp3) is 0.462. The lowest BCUT2D eigenvalue weighted by atomic mass is 10.2. The highest BCUT2D eigenvalue weighted by Crippen LogP contribution is 2.34. The van der Waals surface area contributed by atoms with E-state index in [0.29, 0.717) is 5.69 Å². The van der Waals surface area contributed by atoms with Gasteiger partial charge in [-0.1, -0.05) is 6.08 Å². The van der Waals surface area contributed by atoms with Crippen LogP contribution in [0.5, 0.6) is 0 Å². The van der Waals surface area contributed by atoms with E-state index in [1.54, 1.807) is 13.0 Å². The predicted molar refractivity (Wildman–Crippen MR) is 74.3 cm³/mol. The van der Waals surface area contributed by atoms with Gasteiger partial charge in [0.15, 0.2) is 0 Å². The lowest BCUT2D eigenvalue weighted by Crippen LogP contribution is -2.33. The summed E-state index contributed by atoms with van der Waals surface area (Å²) in [6.07, 6.45) is 3.22. The molecule has 0 aliphatic heterocycles. The number of nitrogens with one attached hydrogen (secondary N) is 1. The van der Waals surface area contributed by atoms with Crippen molar-refractivity contribution in [2.45, 2.75) is 37.6 Å². The molecule has 0 amide bonds. The van der Waals surface area contributed by atoms with E-state index in [9.17, 15) is 13.2 Å². The Hall–Kier alpha value is -1.60. The summed E-state index contributed by atoms with van der Waals surface area (Å²) in [5.41, 5.74) is 0.537. The number of nitrogens with zero attached hydrogens (tertiary/aromatic N) is 1. The first-order valence-electron chi connectivity index (χ1n) is 6.36. The number of aryl methyl sites for hydroxylation is 1. The third kappa shape index (κ3) is 2.38. The summed E-state index contributed by atoms with van der Waals surface area (Å²) in [5.74, 6) is -1.16. The minimum absolute atomic E-state index is 0.0000203. The predicted octanol–water partition coefficient (Wildman–Crippen LogP) is 1.67. The summed E-state index contributed by atoms with van der Waals surface area (Å²) in [7, 11) is -3.71. The van der Waals surface area contributed by atoms with Gasteiger partial charge < -0.3 is 10.1 Å². The Morgan fingerprint density at radius 1 is 1.50 bits per heavy atom. The Kier molecular flexibility index (Phi) is 3.75. The lowest BCUT2D eigenvalue weighted by molar-refractivity contribution is 0.0690. The van der Waals surface area contributed by atoms with Crippen molar-refractivity contribution < 1.29 is 18.3 Å². The molecule has 0 spiro atoms. The van der Waals surface area contributed by atoms with Gasteiger partial charge in [0.25, 0.3) is 0 Å². The van der Waals surface area contributed by atoms with Crippen LogP contribution in [0.1, 0.15) is 34.6 Å². The molecule has 20 heavy (non-hydrogen) atoms. The number of aromatic amines is 1. The zero-order chi connectivity index (χ0) is 15.1. The van der Waals surface area contributed by atoms with E-state index in [0.717, 1.165) is 12.8 Å². The molecule has 1 aliphatic carbocycles. The van der Waals surface area contributed by atoms with E-state index < -0.39 is 16.0 Å². The molecule has 6 nitrogen and oxygen atoms in total. The first-order chi connectivity index (χ1) is 9.30. The molecule has 0 unspecified atom stereocenters. The summed E-state index contributed by atoms with van der Waals surface area (Å²) in [4.78, 5) is 13.8. The molecule has 110 valence electrons. The highest BCUT2D eigenvalue weighted by Gasteiger charge is 2.39. The van der Waals surface area contributed by atoms with E-state index in [1.165, 1.54) is 11.2 Å². The summed E-state index contributed by atoms with van der Waals surface area (Å²) >= 11 is 0. The maximum atomic E-state index is 12.7. The molecule has 2 rings (SSSR count). The topological polar surface area (TPSA) is 90.5 Å². The molecule has 2 N–H and O–H groups in total. The molecule has 0 atom stereocenters. The van der Waals surface area contributed by atoms with Gasteiger partial charge >= 0.3 is 5.97 Å². The smallest absolute Gasteiger partial charge is 0.352 e. The number of hydrogen-bond donors (Lipinski definition) is 2. The Morgan fingerprint density at radius 3 is 2.50 bits per heavy atom. The quantitative estimate of drug-likeness (QED) is 0.782. The molecule has 0 bridgehead atoms.